The molecular formula is C19H23N3O2. The average molecular weight is 325 g/mol. The van der Waals surface area contributed by atoms with Gasteiger partial charge in [0.25, 0.3) is 5.91 Å². The second-order valence-corrected chi connectivity index (χ2v) is 6.20. The predicted octanol–water partition coefficient (Wildman–Crippen LogP) is 2.97. The highest BCUT2D eigenvalue weighted by atomic mass is 16.5. The zero-order chi connectivity index (χ0) is 16.9. The molecule has 1 unspecified atom stereocenters. The first-order valence-corrected chi connectivity index (χ1v) is 8.33. The van der Waals surface area contributed by atoms with Crippen LogP contribution in [-0.4, -0.2) is 42.1 Å². The largest absolute Gasteiger partial charge is 0.384 e. The number of likely N-dealkylation sites (N-methyl/N-ethyl adjacent to an activating group) is 1. The number of pyridine rings is 1. The van der Waals surface area contributed by atoms with Gasteiger partial charge in [-0.15, -0.1) is 0 Å². The topological polar surface area (TPSA) is 68.5 Å². The Morgan fingerprint density at radius 1 is 1.25 bits per heavy atom. The highest BCUT2D eigenvalue weighted by Crippen LogP contribution is 2.20. The molecule has 0 saturated carbocycles. The van der Waals surface area contributed by atoms with Crippen LogP contribution in [0, 0.1) is 0 Å². The van der Waals surface area contributed by atoms with Gasteiger partial charge in [0.2, 0.25) is 0 Å². The third-order valence-electron chi connectivity index (χ3n) is 4.30. The van der Waals surface area contributed by atoms with Gasteiger partial charge in [-0.1, -0.05) is 18.2 Å². The lowest BCUT2D eigenvalue weighted by atomic mass is 10.1. The Kier molecular flexibility index (Phi) is 5.11. The van der Waals surface area contributed by atoms with Crippen molar-refractivity contribution in [2.24, 2.45) is 0 Å². The number of nitrogen functional groups attached to an aromatic ring is 1. The Labute approximate surface area is 142 Å². The summed E-state index contributed by atoms with van der Waals surface area (Å²) in [6, 6.07) is 13.0. The summed E-state index contributed by atoms with van der Waals surface area (Å²) in [5.74, 6) is 0.496. The van der Waals surface area contributed by atoms with E-state index in [0.29, 0.717) is 17.9 Å². The molecule has 1 aliphatic heterocycles. The van der Waals surface area contributed by atoms with Crippen molar-refractivity contribution < 1.29 is 9.53 Å². The second-order valence-electron chi connectivity index (χ2n) is 6.20. The number of aromatic nitrogens is 1. The van der Waals surface area contributed by atoms with Gasteiger partial charge in [0.1, 0.15) is 5.82 Å². The number of rotatable bonds is 4. The van der Waals surface area contributed by atoms with E-state index < -0.39 is 0 Å². The van der Waals surface area contributed by atoms with E-state index in [-0.39, 0.29) is 12.0 Å². The van der Waals surface area contributed by atoms with Crippen LogP contribution in [0.1, 0.15) is 29.6 Å². The number of carbonyl (C=O) groups excluding carboxylic acids is 1. The van der Waals surface area contributed by atoms with E-state index in [4.69, 9.17) is 10.5 Å². The first-order chi connectivity index (χ1) is 11.6. The number of nitrogens with zero attached hydrogens (tertiary/aromatic N) is 2. The smallest absolute Gasteiger partial charge is 0.253 e. The van der Waals surface area contributed by atoms with E-state index in [1.54, 1.807) is 11.0 Å². The van der Waals surface area contributed by atoms with Crippen molar-refractivity contribution in [3.8, 4) is 11.3 Å². The van der Waals surface area contributed by atoms with Gasteiger partial charge in [0.15, 0.2) is 0 Å². The molecule has 0 aliphatic carbocycles. The van der Waals surface area contributed by atoms with Crippen molar-refractivity contribution >= 4 is 11.7 Å². The molecule has 3 rings (SSSR count). The zero-order valence-corrected chi connectivity index (χ0v) is 13.9. The fraction of sp³-hybridized carbons (Fsp3) is 0.368. The van der Waals surface area contributed by atoms with Crippen LogP contribution >= 0.6 is 0 Å². The molecule has 1 aromatic heterocycles. The number of benzene rings is 1. The van der Waals surface area contributed by atoms with Crippen LogP contribution in [0.15, 0.2) is 42.5 Å². The fourth-order valence-electron chi connectivity index (χ4n) is 2.96. The van der Waals surface area contributed by atoms with Crippen LogP contribution in [0.2, 0.25) is 0 Å². The number of carbonyl (C=O) groups is 1. The first kappa shape index (κ1) is 16.5. The SMILES string of the molecule is CN(CC1CCCCO1)C(=O)c1ccc(-c2cccc(N)n2)cc1. The van der Waals surface area contributed by atoms with Gasteiger partial charge < -0.3 is 15.4 Å². The third kappa shape index (κ3) is 3.92. The molecule has 1 aliphatic rings. The number of nitrogens with two attached hydrogens (primary N) is 1. The van der Waals surface area contributed by atoms with Crippen molar-refractivity contribution in [2.45, 2.75) is 25.4 Å². The molecule has 1 aromatic carbocycles. The molecule has 2 aromatic rings. The Balaban J connectivity index is 1.67. The minimum Gasteiger partial charge on any atom is -0.384 e. The van der Waals surface area contributed by atoms with Crippen LogP contribution < -0.4 is 5.73 Å². The molecule has 0 bridgehead atoms. The number of anilines is 1. The van der Waals surface area contributed by atoms with E-state index in [1.165, 1.54) is 6.42 Å². The molecule has 24 heavy (non-hydrogen) atoms. The summed E-state index contributed by atoms with van der Waals surface area (Å²) in [5.41, 5.74) is 8.13. The average Bonchev–Trinajstić information content (AvgIpc) is 2.62. The Morgan fingerprint density at radius 2 is 2.04 bits per heavy atom. The highest BCUT2D eigenvalue weighted by molar-refractivity contribution is 5.94. The number of hydrogen-bond donors (Lipinski definition) is 1. The quantitative estimate of drug-likeness (QED) is 0.938. The minimum atomic E-state index is 0.0104. The lowest BCUT2D eigenvalue weighted by Gasteiger charge is -2.27. The van der Waals surface area contributed by atoms with Crippen LogP contribution in [-0.2, 0) is 4.74 Å². The second kappa shape index (κ2) is 7.45. The molecule has 1 saturated heterocycles. The van der Waals surface area contributed by atoms with Crippen molar-refractivity contribution in [2.75, 3.05) is 25.9 Å². The summed E-state index contributed by atoms with van der Waals surface area (Å²) < 4.78 is 5.71. The van der Waals surface area contributed by atoms with Gasteiger partial charge in [-0.2, -0.15) is 0 Å². The van der Waals surface area contributed by atoms with E-state index in [0.717, 1.165) is 30.7 Å². The summed E-state index contributed by atoms with van der Waals surface area (Å²) in [5, 5.41) is 0. The van der Waals surface area contributed by atoms with Gasteiger partial charge in [-0.05, 0) is 43.5 Å². The van der Waals surface area contributed by atoms with Crippen LogP contribution in [0.4, 0.5) is 5.82 Å². The van der Waals surface area contributed by atoms with E-state index >= 15 is 0 Å². The summed E-state index contributed by atoms with van der Waals surface area (Å²) in [6.45, 7) is 1.44. The van der Waals surface area contributed by atoms with Crippen LogP contribution in [0.3, 0.4) is 0 Å². The highest BCUT2D eigenvalue weighted by Gasteiger charge is 2.19. The molecule has 0 spiro atoms. The monoisotopic (exact) mass is 325 g/mol. The standard InChI is InChI=1S/C19H23N3O2/c1-22(13-16-5-2-3-12-24-16)19(23)15-10-8-14(9-11-15)17-6-4-7-18(20)21-17/h4,6-11,16H,2-3,5,12-13H2,1H3,(H2,20,21). The molecule has 5 heteroatoms. The molecule has 126 valence electrons. The fourth-order valence-corrected chi connectivity index (χ4v) is 2.96. The molecule has 2 N–H and O–H groups in total. The number of amides is 1. The van der Waals surface area contributed by atoms with Gasteiger partial charge in [0.05, 0.1) is 11.8 Å². The maximum Gasteiger partial charge on any atom is 0.253 e. The maximum atomic E-state index is 12.6. The summed E-state index contributed by atoms with van der Waals surface area (Å²) >= 11 is 0. The number of ether oxygens (including phenoxy) is 1. The van der Waals surface area contributed by atoms with Crippen LogP contribution in [0.5, 0.6) is 0 Å². The molecule has 1 fully saturated rings. The van der Waals surface area contributed by atoms with Crippen LogP contribution in [0.25, 0.3) is 11.3 Å². The molecular weight excluding hydrogens is 302 g/mol. The molecule has 1 amide bonds. The molecule has 5 nitrogen and oxygen atoms in total. The van der Waals surface area contributed by atoms with E-state index in [9.17, 15) is 4.79 Å². The molecule has 1 atom stereocenters. The maximum absolute atomic E-state index is 12.6. The van der Waals surface area contributed by atoms with Gasteiger partial charge >= 0.3 is 0 Å². The first-order valence-electron chi connectivity index (χ1n) is 8.33. The van der Waals surface area contributed by atoms with Crippen molar-refractivity contribution in [1.82, 2.24) is 9.88 Å². The summed E-state index contributed by atoms with van der Waals surface area (Å²) in [4.78, 5) is 18.6. The third-order valence-corrected chi connectivity index (χ3v) is 4.30. The zero-order valence-electron chi connectivity index (χ0n) is 13.9. The Bertz CT molecular complexity index is 694. The number of hydrogen-bond acceptors (Lipinski definition) is 4. The van der Waals surface area contributed by atoms with Crippen molar-refractivity contribution in [3.63, 3.8) is 0 Å². The van der Waals surface area contributed by atoms with E-state index in [1.807, 2.05) is 43.4 Å². The Morgan fingerprint density at radius 3 is 2.71 bits per heavy atom. The van der Waals surface area contributed by atoms with Crippen molar-refractivity contribution in [3.05, 3.63) is 48.0 Å². The lowest BCUT2D eigenvalue weighted by molar-refractivity contribution is -0.000186. The van der Waals surface area contributed by atoms with Crippen molar-refractivity contribution in [1.29, 1.82) is 0 Å². The molecule has 0 radical (unpaired) electrons. The van der Waals surface area contributed by atoms with Gasteiger partial charge in [-0.3, -0.25) is 4.79 Å². The summed E-state index contributed by atoms with van der Waals surface area (Å²) in [6.07, 6.45) is 3.48. The normalized spacial score (nSPS) is 17.5. The summed E-state index contributed by atoms with van der Waals surface area (Å²) in [7, 11) is 1.83. The molecule has 2 heterocycles. The Hall–Kier alpha value is -2.40. The van der Waals surface area contributed by atoms with Gasteiger partial charge in [-0.25, -0.2) is 4.98 Å². The van der Waals surface area contributed by atoms with E-state index in [2.05, 4.69) is 4.98 Å². The lowest BCUT2D eigenvalue weighted by Crippen LogP contribution is -2.37. The predicted molar refractivity (Wildman–Crippen MR) is 94.6 cm³/mol. The minimum absolute atomic E-state index is 0.0104. The van der Waals surface area contributed by atoms with Gasteiger partial charge in [0, 0.05) is 31.3 Å².